The third kappa shape index (κ3) is 5.68. The van der Waals surface area contributed by atoms with Crippen LogP contribution in [0.15, 0.2) is 29.4 Å². The zero-order valence-corrected chi connectivity index (χ0v) is 14.4. The fourth-order valence-corrected chi connectivity index (χ4v) is 2.65. The third-order valence-corrected chi connectivity index (χ3v) is 3.97. The Labute approximate surface area is 142 Å². The minimum absolute atomic E-state index is 0.00513. The van der Waals surface area contributed by atoms with Crippen LogP contribution < -0.4 is 5.32 Å². The number of nitrogens with zero attached hydrogens (tertiary/aromatic N) is 2. The highest BCUT2D eigenvalue weighted by molar-refractivity contribution is 5.99. The van der Waals surface area contributed by atoms with Gasteiger partial charge in [-0.1, -0.05) is 30.1 Å². The van der Waals surface area contributed by atoms with Gasteiger partial charge in [-0.15, -0.1) is 0 Å². The molecule has 0 unspecified atom stereocenters. The smallest absolute Gasteiger partial charge is 0.263 e. The molecule has 0 spiro atoms. The van der Waals surface area contributed by atoms with Crippen LogP contribution in [0.25, 0.3) is 0 Å². The van der Waals surface area contributed by atoms with Gasteiger partial charge in [-0.3, -0.25) is 9.59 Å². The van der Waals surface area contributed by atoms with Gasteiger partial charge in [0.25, 0.3) is 5.91 Å². The van der Waals surface area contributed by atoms with E-state index < -0.39 is 0 Å². The Morgan fingerprint density at radius 1 is 1.08 bits per heavy atom. The summed E-state index contributed by atoms with van der Waals surface area (Å²) in [5, 5.41) is 6.74. The fraction of sp³-hybridized carbons (Fsp3) is 0.500. The predicted molar refractivity (Wildman–Crippen MR) is 94.0 cm³/mol. The molecule has 6 heteroatoms. The molecule has 1 fully saturated rings. The van der Waals surface area contributed by atoms with Crippen LogP contribution in [0.5, 0.6) is 0 Å². The second-order valence-electron chi connectivity index (χ2n) is 6.00. The van der Waals surface area contributed by atoms with Gasteiger partial charge in [-0.05, 0) is 37.5 Å². The van der Waals surface area contributed by atoms with Crippen LogP contribution in [0.1, 0.15) is 45.1 Å². The molecule has 1 aliphatic rings. The third-order valence-electron chi connectivity index (χ3n) is 3.97. The molecule has 1 saturated heterocycles. The lowest BCUT2D eigenvalue weighted by Crippen LogP contribution is -2.34. The summed E-state index contributed by atoms with van der Waals surface area (Å²) in [6.45, 7) is 4.89. The van der Waals surface area contributed by atoms with Crippen molar-refractivity contribution in [1.29, 1.82) is 0 Å². The Balaban J connectivity index is 1.84. The normalized spacial score (nSPS) is 15.6. The Hall–Kier alpha value is -2.37. The van der Waals surface area contributed by atoms with Crippen molar-refractivity contribution in [3.05, 3.63) is 29.8 Å². The number of nitrogens with one attached hydrogen (secondary N) is 1. The first-order valence-electron chi connectivity index (χ1n) is 8.38. The van der Waals surface area contributed by atoms with Crippen molar-refractivity contribution >= 4 is 23.2 Å². The lowest BCUT2D eigenvalue weighted by atomic mass is 10.1. The average molecular weight is 331 g/mol. The van der Waals surface area contributed by atoms with Crippen LogP contribution in [0.4, 0.5) is 5.69 Å². The number of anilines is 1. The predicted octanol–water partition coefficient (Wildman–Crippen LogP) is 2.79. The first kappa shape index (κ1) is 18.0. The van der Waals surface area contributed by atoms with E-state index in [2.05, 4.69) is 10.5 Å². The number of hydrogen-bond acceptors (Lipinski definition) is 4. The topological polar surface area (TPSA) is 71.0 Å². The zero-order valence-electron chi connectivity index (χ0n) is 14.4. The maximum Gasteiger partial charge on any atom is 0.263 e. The summed E-state index contributed by atoms with van der Waals surface area (Å²) in [4.78, 5) is 30.2. The van der Waals surface area contributed by atoms with Crippen LogP contribution in [-0.4, -0.2) is 42.1 Å². The van der Waals surface area contributed by atoms with Crippen molar-refractivity contribution in [2.24, 2.45) is 5.16 Å². The number of carbonyl (C=O) groups is 2. The van der Waals surface area contributed by atoms with E-state index in [1.54, 1.807) is 12.1 Å². The van der Waals surface area contributed by atoms with Crippen molar-refractivity contribution in [2.75, 3.05) is 25.0 Å². The number of benzene rings is 1. The van der Waals surface area contributed by atoms with Gasteiger partial charge in [0.2, 0.25) is 5.91 Å². The van der Waals surface area contributed by atoms with Gasteiger partial charge in [-0.2, -0.15) is 0 Å². The van der Waals surface area contributed by atoms with E-state index >= 15 is 0 Å². The monoisotopic (exact) mass is 331 g/mol. The zero-order chi connectivity index (χ0) is 17.4. The van der Waals surface area contributed by atoms with Gasteiger partial charge >= 0.3 is 0 Å². The van der Waals surface area contributed by atoms with Crippen LogP contribution in [0, 0.1) is 0 Å². The minimum atomic E-state index is -0.108. The number of likely N-dealkylation sites (tertiary alicyclic amines) is 1. The number of hydrogen-bond donors (Lipinski definition) is 1. The standard InChI is InChI=1S/C18H25N3O3/c1-14(16-7-9-17(10-8-16)19-15(2)22)20-24-13-18(23)21-11-5-3-4-6-12-21/h7-10H,3-6,11-13H2,1-2H3,(H,19,22)/b20-14+. The van der Waals surface area contributed by atoms with Gasteiger partial charge in [0, 0.05) is 25.7 Å². The van der Waals surface area contributed by atoms with Crippen molar-refractivity contribution in [2.45, 2.75) is 39.5 Å². The summed E-state index contributed by atoms with van der Waals surface area (Å²) < 4.78 is 0. The molecule has 0 radical (unpaired) electrons. The summed E-state index contributed by atoms with van der Waals surface area (Å²) >= 11 is 0. The van der Waals surface area contributed by atoms with Gasteiger partial charge in [0.15, 0.2) is 6.61 Å². The van der Waals surface area contributed by atoms with E-state index in [0.29, 0.717) is 5.71 Å². The average Bonchev–Trinajstić information content (AvgIpc) is 2.84. The van der Waals surface area contributed by atoms with E-state index in [4.69, 9.17) is 4.84 Å². The van der Waals surface area contributed by atoms with Crippen molar-refractivity contribution in [1.82, 2.24) is 4.90 Å². The highest BCUT2D eigenvalue weighted by atomic mass is 16.6. The lowest BCUT2D eigenvalue weighted by Gasteiger charge is -2.19. The van der Waals surface area contributed by atoms with Gasteiger partial charge < -0.3 is 15.1 Å². The Morgan fingerprint density at radius 3 is 2.29 bits per heavy atom. The molecule has 6 nitrogen and oxygen atoms in total. The molecule has 0 atom stereocenters. The maximum atomic E-state index is 12.1. The van der Waals surface area contributed by atoms with Crippen LogP contribution >= 0.6 is 0 Å². The van der Waals surface area contributed by atoms with Crippen molar-refractivity contribution < 1.29 is 14.4 Å². The Bertz CT molecular complexity index is 588. The summed E-state index contributed by atoms with van der Waals surface area (Å²) in [6, 6.07) is 7.31. The number of rotatable bonds is 5. The molecule has 2 amide bonds. The first-order chi connectivity index (χ1) is 11.6. The van der Waals surface area contributed by atoms with Gasteiger partial charge in [0.1, 0.15) is 0 Å². The molecule has 0 aliphatic carbocycles. The molecule has 1 heterocycles. The van der Waals surface area contributed by atoms with E-state index in [-0.39, 0.29) is 18.4 Å². The quantitative estimate of drug-likeness (QED) is 0.666. The molecule has 0 bridgehead atoms. The van der Waals surface area contributed by atoms with Crippen molar-refractivity contribution in [3.8, 4) is 0 Å². The highest BCUT2D eigenvalue weighted by Crippen LogP contribution is 2.11. The summed E-state index contributed by atoms with van der Waals surface area (Å²) in [6.07, 6.45) is 4.51. The Kier molecular flexibility index (Phi) is 6.78. The molecule has 1 aromatic carbocycles. The first-order valence-corrected chi connectivity index (χ1v) is 8.38. The second kappa shape index (κ2) is 9.05. The van der Waals surface area contributed by atoms with E-state index in [0.717, 1.165) is 37.2 Å². The molecule has 0 saturated carbocycles. The van der Waals surface area contributed by atoms with E-state index in [1.807, 2.05) is 24.0 Å². The summed E-state index contributed by atoms with van der Waals surface area (Å²) in [5.41, 5.74) is 2.30. The summed E-state index contributed by atoms with van der Waals surface area (Å²) in [7, 11) is 0. The second-order valence-corrected chi connectivity index (χ2v) is 6.00. The lowest BCUT2D eigenvalue weighted by molar-refractivity contribution is -0.136. The van der Waals surface area contributed by atoms with Crippen LogP contribution in [0.3, 0.4) is 0 Å². The van der Waals surface area contributed by atoms with E-state index in [9.17, 15) is 9.59 Å². The van der Waals surface area contributed by atoms with E-state index in [1.165, 1.54) is 19.8 Å². The minimum Gasteiger partial charge on any atom is -0.385 e. The molecule has 1 aliphatic heterocycles. The molecular formula is C18H25N3O3. The van der Waals surface area contributed by atoms with Crippen molar-refractivity contribution in [3.63, 3.8) is 0 Å². The number of carbonyl (C=O) groups excluding carboxylic acids is 2. The number of amides is 2. The highest BCUT2D eigenvalue weighted by Gasteiger charge is 2.15. The Morgan fingerprint density at radius 2 is 1.71 bits per heavy atom. The van der Waals surface area contributed by atoms with Crippen LogP contribution in [-0.2, 0) is 14.4 Å². The maximum absolute atomic E-state index is 12.1. The molecule has 0 aromatic heterocycles. The molecule has 130 valence electrons. The fourth-order valence-electron chi connectivity index (χ4n) is 2.65. The molecule has 1 N–H and O–H groups in total. The molecule has 24 heavy (non-hydrogen) atoms. The summed E-state index contributed by atoms with van der Waals surface area (Å²) in [5.74, 6) is -0.113. The molecule has 1 aromatic rings. The van der Waals surface area contributed by atoms with Gasteiger partial charge in [0.05, 0.1) is 5.71 Å². The SMILES string of the molecule is CC(=O)Nc1ccc(/C(C)=N/OCC(=O)N2CCCCCC2)cc1. The largest absolute Gasteiger partial charge is 0.385 e. The van der Waals surface area contributed by atoms with Crippen LogP contribution in [0.2, 0.25) is 0 Å². The molecule has 2 rings (SSSR count). The van der Waals surface area contributed by atoms with Gasteiger partial charge in [-0.25, -0.2) is 0 Å². The number of oxime groups is 1. The molecular weight excluding hydrogens is 306 g/mol.